The van der Waals surface area contributed by atoms with Crippen molar-refractivity contribution in [3.05, 3.63) is 28.7 Å². The summed E-state index contributed by atoms with van der Waals surface area (Å²) in [6, 6.07) is 0. The number of nitrogens with zero attached hydrogens (tertiary/aromatic N) is 3. The van der Waals surface area contributed by atoms with Crippen molar-refractivity contribution in [3.8, 4) is 0 Å². The Morgan fingerprint density at radius 3 is 3.08 bits per heavy atom. The summed E-state index contributed by atoms with van der Waals surface area (Å²) in [5, 5.41) is 6.11. The first kappa shape index (κ1) is 6.82. The molecule has 0 unspecified atom stereocenters. The van der Waals surface area contributed by atoms with Gasteiger partial charge in [0.1, 0.15) is 5.82 Å². The molecule has 1 aliphatic carbocycles. The van der Waals surface area contributed by atoms with Crippen LogP contribution in [0.1, 0.15) is 24.6 Å². The molecule has 0 saturated heterocycles. The van der Waals surface area contributed by atoms with Gasteiger partial charge < -0.3 is 0 Å². The van der Waals surface area contributed by atoms with Crippen molar-refractivity contribution in [1.29, 1.82) is 0 Å². The number of fused-ring (bicyclic) bond motifs is 1. The van der Waals surface area contributed by atoms with Crippen LogP contribution in [0.25, 0.3) is 5.52 Å². The molecule has 0 amide bonds. The molecule has 0 aromatic carbocycles. The summed E-state index contributed by atoms with van der Waals surface area (Å²) in [6.07, 6.45) is 5.58. The SMILES string of the molecule is O=c1[nH]ncc2cnc(C3CC3)n12. The van der Waals surface area contributed by atoms with Gasteiger partial charge in [-0.15, -0.1) is 0 Å². The van der Waals surface area contributed by atoms with Gasteiger partial charge in [0.05, 0.1) is 17.9 Å². The fraction of sp³-hybridized carbons (Fsp3) is 0.375. The highest BCUT2D eigenvalue weighted by molar-refractivity contribution is 5.43. The first-order chi connectivity index (χ1) is 6.36. The molecule has 1 aliphatic rings. The molecule has 2 heterocycles. The molecule has 3 rings (SSSR count). The van der Waals surface area contributed by atoms with Gasteiger partial charge in [0.2, 0.25) is 0 Å². The number of hydrogen-bond acceptors (Lipinski definition) is 3. The molecule has 2 aromatic heterocycles. The van der Waals surface area contributed by atoms with Gasteiger partial charge in [-0.25, -0.2) is 19.3 Å². The van der Waals surface area contributed by atoms with E-state index in [-0.39, 0.29) is 5.69 Å². The third-order valence-corrected chi connectivity index (χ3v) is 2.32. The summed E-state index contributed by atoms with van der Waals surface area (Å²) in [4.78, 5) is 15.6. The lowest BCUT2D eigenvalue weighted by Crippen LogP contribution is -2.18. The summed E-state index contributed by atoms with van der Waals surface area (Å²) < 4.78 is 1.60. The Kier molecular flexibility index (Phi) is 1.15. The number of imidazole rings is 1. The smallest absolute Gasteiger partial charge is 0.246 e. The lowest BCUT2D eigenvalue weighted by atomic mass is 10.4. The molecular weight excluding hydrogens is 168 g/mol. The fourth-order valence-electron chi connectivity index (χ4n) is 1.53. The zero-order valence-electron chi connectivity index (χ0n) is 6.90. The molecule has 1 saturated carbocycles. The summed E-state index contributed by atoms with van der Waals surface area (Å²) in [5.41, 5.74) is 0.572. The average molecular weight is 176 g/mol. The summed E-state index contributed by atoms with van der Waals surface area (Å²) in [7, 11) is 0. The molecule has 1 fully saturated rings. The van der Waals surface area contributed by atoms with Crippen LogP contribution in [0, 0.1) is 0 Å². The van der Waals surface area contributed by atoms with Crippen LogP contribution in [0.4, 0.5) is 0 Å². The van der Waals surface area contributed by atoms with Crippen LogP contribution >= 0.6 is 0 Å². The highest BCUT2D eigenvalue weighted by Gasteiger charge is 2.28. The van der Waals surface area contributed by atoms with E-state index >= 15 is 0 Å². The van der Waals surface area contributed by atoms with Crippen molar-refractivity contribution in [3.63, 3.8) is 0 Å². The molecule has 13 heavy (non-hydrogen) atoms. The van der Waals surface area contributed by atoms with Crippen molar-refractivity contribution in [2.24, 2.45) is 0 Å². The predicted octanol–water partition coefficient (Wildman–Crippen LogP) is 0.295. The van der Waals surface area contributed by atoms with Crippen LogP contribution in [-0.4, -0.2) is 19.6 Å². The van der Waals surface area contributed by atoms with Crippen molar-refractivity contribution >= 4 is 5.52 Å². The van der Waals surface area contributed by atoms with Gasteiger partial charge in [-0.05, 0) is 12.8 Å². The van der Waals surface area contributed by atoms with Gasteiger partial charge in [-0.2, -0.15) is 5.10 Å². The van der Waals surface area contributed by atoms with E-state index in [1.807, 2.05) is 0 Å². The van der Waals surface area contributed by atoms with Crippen LogP contribution in [0.3, 0.4) is 0 Å². The van der Waals surface area contributed by atoms with E-state index in [4.69, 9.17) is 0 Å². The molecule has 2 aromatic rings. The maximum Gasteiger partial charge on any atom is 0.347 e. The zero-order chi connectivity index (χ0) is 8.84. The Bertz CT molecular complexity index is 508. The van der Waals surface area contributed by atoms with Crippen LogP contribution in [0.5, 0.6) is 0 Å². The normalized spacial score (nSPS) is 16.6. The van der Waals surface area contributed by atoms with E-state index in [1.165, 1.54) is 0 Å². The first-order valence-corrected chi connectivity index (χ1v) is 4.27. The van der Waals surface area contributed by atoms with Gasteiger partial charge in [-0.3, -0.25) is 0 Å². The van der Waals surface area contributed by atoms with Crippen molar-refractivity contribution < 1.29 is 0 Å². The molecule has 66 valence electrons. The van der Waals surface area contributed by atoms with E-state index in [1.54, 1.807) is 16.8 Å². The lowest BCUT2D eigenvalue weighted by molar-refractivity contribution is 0.824. The van der Waals surface area contributed by atoms with Crippen LogP contribution < -0.4 is 5.69 Å². The van der Waals surface area contributed by atoms with Crippen LogP contribution in [0.2, 0.25) is 0 Å². The van der Waals surface area contributed by atoms with E-state index < -0.39 is 0 Å². The maximum atomic E-state index is 11.4. The Hall–Kier alpha value is -1.65. The third-order valence-electron chi connectivity index (χ3n) is 2.32. The molecule has 0 bridgehead atoms. The van der Waals surface area contributed by atoms with E-state index in [2.05, 4.69) is 15.2 Å². The second-order valence-corrected chi connectivity index (χ2v) is 3.33. The summed E-state index contributed by atoms with van der Waals surface area (Å²) in [6.45, 7) is 0. The largest absolute Gasteiger partial charge is 0.347 e. The number of aromatic nitrogens is 4. The Labute approximate surface area is 73.4 Å². The van der Waals surface area contributed by atoms with E-state index in [0.717, 1.165) is 24.2 Å². The monoisotopic (exact) mass is 176 g/mol. The zero-order valence-corrected chi connectivity index (χ0v) is 6.90. The quantitative estimate of drug-likeness (QED) is 0.679. The minimum atomic E-state index is -0.197. The van der Waals surface area contributed by atoms with Crippen LogP contribution in [0.15, 0.2) is 17.2 Å². The van der Waals surface area contributed by atoms with Crippen molar-refractivity contribution in [2.75, 3.05) is 0 Å². The summed E-state index contributed by atoms with van der Waals surface area (Å²) >= 11 is 0. The number of hydrogen-bond donors (Lipinski definition) is 1. The minimum Gasteiger partial charge on any atom is -0.246 e. The van der Waals surface area contributed by atoms with Gasteiger partial charge >= 0.3 is 5.69 Å². The minimum absolute atomic E-state index is 0.197. The van der Waals surface area contributed by atoms with Gasteiger partial charge in [0, 0.05) is 5.92 Å². The molecule has 5 nitrogen and oxygen atoms in total. The van der Waals surface area contributed by atoms with E-state index in [9.17, 15) is 4.79 Å². The molecule has 0 atom stereocenters. The van der Waals surface area contributed by atoms with Crippen molar-refractivity contribution in [1.82, 2.24) is 19.6 Å². The summed E-state index contributed by atoms with van der Waals surface area (Å²) in [5.74, 6) is 1.35. The molecule has 1 N–H and O–H groups in total. The highest BCUT2D eigenvalue weighted by atomic mass is 16.1. The molecule has 0 radical (unpaired) electrons. The number of rotatable bonds is 1. The maximum absolute atomic E-state index is 11.4. The number of aromatic amines is 1. The Morgan fingerprint density at radius 2 is 2.31 bits per heavy atom. The number of H-pyrrole nitrogens is 1. The second kappa shape index (κ2) is 2.18. The predicted molar refractivity (Wildman–Crippen MR) is 45.6 cm³/mol. The first-order valence-electron chi connectivity index (χ1n) is 4.27. The highest BCUT2D eigenvalue weighted by Crippen LogP contribution is 2.38. The molecule has 5 heteroatoms. The third kappa shape index (κ3) is 0.898. The van der Waals surface area contributed by atoms with Crippen LogP contribution in [-0.2, 0) is 0 Å². The average Bonchev–Trinajstić information content (AvgIpc) is 2.87. The lowest BCUT2D eigenvalue weighted by Gasteiger charge is -1.95. The fourth-order valence-corrected chi connectivity index (χ4v) is 1.53. The van der Waals surface area contributed by atoms with Gasteiger partial charge in [0.25, 0.3) is 0 Å². The van der Waals surface area contributed by atoms with Gasteiger partial charge in [0.15, 0.2) is 0 Å². The Balaban J connectivity index is 2.41. The Morgan fingerprint density at radius 1 is 1.46 bits per heavy atom. The van der Waals surface area contributed by atoms with Crippen molar-refractivity contribution in [2.45, 2.75) is 18.8 Å². The molecule has 0 spiro atoms. The van der Waals surface area contributed by atoms with E-state index in [0.29, 0.717) is 5.92 Å². The number of nitrogens with one attached hydrogen (secondary N) is 1. The standard InChI is InChI=1S/C8H8N4O/c13-8-11-10-4-6-3-9-7(12(6)8)5-1-2-5/h3-5H,1-2H2,(H,11,13). The molecule has 0 aliphatic heterocycles. The topological polar surface area (TPSA) is 63.0 Å². The molecular formula is C8H8N4O. The second-order valence-electron chi connectivity index (χ2n) is 3.33. The van der Waals surface area contributed by atoms with Gasteiger partial charge in [-0.1, -0.05) is 0 Å².